The van der Waals surface area contributed by atoms with Crippen molar-refractivity contribution in [3.8, 4) is 11.4 Å². The van der Waals surface area contributed by atoms with Crippen LogP contribution < -0.4 is 20.3 Å². The van der Waals surface area contributed by atoms with Gasteiger partial charge in [-0.05, 0) is 86.6 Å². The Hall–Kier alpha value is -4.17. The molecule has 1 amide bonds. The van der Waals surface area contributed by atoms with Gasteiger partial charge >= 0.3 is 0 Å². The summed E-state index contributed by atoms with van der Waals surface area (Å²) in [6.45, 7) is 7.89. The number of thiocarbonyl (C=S) groups is 1. The van der Waals surface area contributed by atoms with Crippen molar-refractivity contribution < 1.29 is 9.53 Å². The Labute approximate surface area is 228 Å². The third-order valence-corrected chi connectivity index (χ3v) is 7.33. The molecule has 4 aromatic rings. The number of aromatic nitrogens is 2. The maximum atomic E-state index is 11.9. The van der Waals surface area contributed by atoms with Crippen LogP contribution >= 0.6 is 12.2 Å². The topological polar surface area (TPSA) is 71.4 Å². The van der Waals surface area contributed by atoms with E-state index in [0.29, 0.717) is 16.5 Å². The van der Waals surface area contributed by atoms with Crippen LogP contribution in [0.25, 0.3) is 5.69 Å². The summed E-state index contributed by atoms with van der Waals surface area (Å²) < 4.78 is 7.80. The highest BCUT2D eigenvalue weighted by atomic mass is 32.1. The first kappa shape index (κ1) is 25.5. The zero-order chi connectivity index (χ0) is 27.0. The van der Waals surface area contributed by atoms with Crippen molar-refractivity contribution >= 4 is 34.6 Å². The lowest BCUT2D eigenvalue weighted by Gasteiger charge is -2.29. The van der Waals surface area contributed by atoms with E-state index in [1.54, 1.807) is 13.3 Å². The number of amides is 1. The number of hydrogen-bond acceptors (Lipinski definition) is 4. The van der Waals surface area contributed by atoms with Crippen LogP contribution in [0.4, 0.5) is 11.4 Å². The number of benzene rings is 2. The molecular formula is C30H31N5O2S. The van der Waals surface area contributed by atoms with E-state index in [-0.39, 0.29) is 18.0 Å². The molecule has 1 saturated heterocycles. The predicted octanol–water partition coefficient (Wildman–Crippen LogP) is 5.94. The Morgan fingerprint density at radius 1 is 1.05 bits per heavy atom. The molecule has 2 N–H and O–H groups in total. The van der Waals surface area contributed by atoms with Gasteiger partial charge in [-0.2, -0.15) is 0 Å². The fraction of sp³-hybridized carbons (Fsp3) is 0.233. The molecule has 0 unspecified atom stereocenters. The number of anilines is 2. The first-order valence-electron chi connectivity index (χ1n) is 12.5. The molecule has 2 aromatic carbocycles. The molecule has 1 aliphatic rings. The molecule has 2 aromatic heterocycles. The van der Waals surface area contributed by atoms with Gasteiger partial charge in [-0.25, -0.2) is 0 Å². The molecule has 7 nitrogen and oxygen atoms in total. The maximum absolute atomic E-state index is 11.9. The van der Waals surface area contributed by atoms with Crippen molar-refractivity contribution in [2.75, 3.05) is 17.3 Å². The number of ether oxygens (including phenoxy) is 1. The number of aryl methyl sites for hydroxylation is 2. The van der Waals surface area contributed by atoms with Gasteiger partial charge in [0, 0.05) is 35.9 Å². The minimum atomic E-state index is -0.181. The Morgan fingerprint density at radius 3 is 2.50 bits per heavy atom. The number of carbonyl (C=O) groups is 1. The van der Waals surface area contributed by atoms with Crippen LogP contribution in [-0.4, -0.2) is 27.7 Å². The zero-order valence-corrected chi connectivity index (χ0v) is 23.0. The maximum Gasteiger partial charge on any atom is 0.221 e. The lowest BCUT2D eigenvalue weighted by atomic mass is 9.96. The highest BCUT2D eigenvalue weighted by Gasteiger charge is 2.42. The summed E-state index contributed by atoms with van der Waals surface area (Å²) in [5.74, 6) is 0.407. The van der Waals surface area contributed by atoms with E-state index in [1.165, 1.54) is 12.5 Å². The number of hydrogen-bond donors (Lipinski definition) is 2. The molecule has 5 rings (SSSR count). The van der Waals surface area contributed by atoms with Crippen molar-refractivity contribution in [1.82, 2.24) is 14.9 Å². The minimum absolute atomic E-state index is 0.174. The van der Waals surface area contributed by atoms with Gasteiger partial charge in [0.15, 0.2) is 5.11 Å². The number of pyridine rings is 1. The first-order chi connectivity index (χ1) is 18.3. The molecule has 0 spiro atoms. The van der Waals surface area contributed by atoms with E-state index in [1.807, 2.05) is 36.4 Å². The second-order valence-electron chi connectivity index (χ2n) is 9.51. The van der Waals surface area contributed by atoms with Gasteiger partial charge in [0.05, 0.1) is 30.6 Å². The highest BCUT2D eigenvalue weighted by Crippen LogP contribution is 2.45. The standard InChI is InChI=1S/C30H31N5O2S/c1-18-10-6-7-12-26(18)34-19(2)16-23(20(34)3)29-28(24-11-8-9-15-31-24)33-30(38)35(29)22-13-14-27(37-5)25(17-22)32-21(4)36/h6-17,28-29H,1-5H3,(H,32,36)(H,33,38)/t28-,29+/m1/s1. The van der Waals surface area contributed by atoms with E-state index in [4.69, 9.17) is 17.0 Å². The smallest absolute Gasteiger partial charge is 0.221 e. The van der Waals surface area contributed by atoms with Gasteiger partial charge in [-0.1, -0.05) is 24.3 Å². The summed E-state index contributed by atoms with van der Waals surface area (Å²) in [5.41, 5.74) is 8.11. The summed E-state index contributed by atoms with van der Waals surface area (Å²) in [7, 11) is 1.59. The molecule has 194 valence electrons. The Morgan fingerprint density at radius 2 is 1.82 bits per heavy atom. The second kappa shape index (κ2) is 10.3. The third kappa shape index (κ3) is 4.52. The van der Waals surface area contributed by atoms with Crippen molar-refractivity contribution in [2.24, 2.45) is 0 Å². The molecule has 3 heterocycles. The number of rotatable bonds is 6. The summed E-state index contributed by atoms with van der Waals surface area (Å²) in [6, 6.07) is 21.9. The third-order valence-electron chi connectivity index (χ3n) is 7.02. The molecule has 2 atom stereocenters. The van der Waals surface area contributed by atoms with E-state index in [2.05, 4.69) is 76.2 Å². The van der Waals surface area contributed by atoms with E-state index < -0.39 is 0 Å². The van der Waals surface area contributed by atoms with Crippen LogP contribution in [0.1, 0.15) is 47.2 Å². The fourth-order valence-corrected chi connectivity index (χ4v) is 5.70. The average molecular weight is 526 g/mol. The fourth-order valence-electron chi connectivity index (χ4n) is 5.35. The number of nitrogens with one attached hydrogen (secondary N) is 2. The van der Waals surface area contributed by atoms with Crippen molar-refractivity contribution in [3.63, 3.8) is 0 Å². The summed E-state index contributed by atoms with van der Waals surface area (Å²) >= 11 is 5.93. The van der Waals surface area contributed by atoms with Crippen LogP contribution in [0, 0.1) is 20.8 Å². The van der Waals surface area contributed by atoms with Crippen LogP contribution in [0.2, 0.25) is 0 Å². The predicted molar refractivity (Wildman–Crippen MR) is 155 cm³/mol. The molecule has 1 fully saturated rings. The number of methoxy groups -OCH3 is 1. The van der Waals surface area contributed by atoms with Gasteiger partial charge in [0.2, 0.25) is 5.91 Å². The first-order valence-corrected chi connectivity index (χ1v) is 12.9. The molecule has 0 radical (unpaired) electrons. The van der Waals surface area contributed by atoms with E-state index in [9.17, 15) is 4.79 Å². The Bertz CT molecular complexity index is 1510. The molecule has 0 aliphatic carbocycles. The number of para-hydroxylation sites is 1. The minimum Gasteiger partial charge on any atom is -0.495 e. The van der Waals surface area contributed by atoms with Crippen LogP contribution in [-0.2, 0) is 4.79 Å². The Balaban J connectivity index is 1.69. The number of carbonyl (C=O) groups excluding carboxylic acids is 1. The monoisotopic (exact) mass is 525 g/mol. The average Bonchev–Trinajstić information content (AvgIpc) is 3.39. The molecule has 0 bridgehead atoms. The highest BCUT2D eigenvalue weighted by molar-refractivity contribution is 7.80. The molecular weight excluding hydrogens is 494 g/mol. The van der Waals surface area contributed by atoms with Gasteiger partial charge in [0.1, 0.15) is 5.75 Å². The number of nitrogens with zero attached hydrogens (tertiary/aromatic N) is 3. The molecule has 38 heavy (non-hydrogen) atoms. The van der Waals surface area contributed by atoms with Crippen molar-refractivity contribution in [1.29, 1.82) is 0 Å². The van der Waals surface area contributed by atoms with Crippen molar-refractivity contribution in [3.05, 3.63) is 101 Å². The molecule has 1 aliphatic heterocycles. The van der Waals surface area contributed by atoms with Gasteiger partial charge in [-0.15, -0.1) is 0 Å². The Kier molecular flexibility index (Phi) is 6.91. The van der Waals surface area contributed by atoms with Gasteiger partial charge in [-0.3, -0.25) is 9.78 Å². The summed E-state index contributed by atoms with van der Waals surface area (Å²) in [6.07, 6.45) is 1.80. The molecule has 8 heteroatoms. The quantitative estimate of drug-likeness (QED) is 0.304. The lowest BCUT2D eigenvalue weighted by molar-refractivity contribution is -0.114. The van der Waals surface area contributed by atoms with Gasteiger partial charge < -0.3 is 24.8 Å². The van der Waals surface area contributed by atoms with Crippen LogP contribution in [0.15, 0.2) is 72.9 Å². The van der Waals surface area contributed by atoms with Gasteiger partial charge in [0.25, 0.3) is 0 Å². The lowest BCUT2D eigenvalue weighted by Crippen LogP contribution is -2.29. The normalized spacial score (nSPS) is 16.9. The second-order valence-corrected chi connectivity index (χ2v) is 9.90. The van der Waals surface area contributed by atoms with E-state index in [0.717, 1.165) is 34.0 Å². The molecule has 0 saturated carbocycles. The zero-order valence-electron chi connectivity index (χ0n) is 22.1. The summed E-state index contributed by atoms with van der Waals surface area (Å²) in [5, 5.41) is 7.00. The van der Waals surface area contributed by atoms with E-state index >= 15 is 0 Å². The summed E-state index contributed by atoms with van der Waals surface area (Å²) in [4.78, 5) is 18.7. The SMILES string of the molecule is COc1ccc(N2C(=S)N[C@H](c3ccccn3)[C@@H]2c2cc(C)n(-c3ccccc3C)c2C)cc1NC(C)=O. The van der Waals surface area contributed by atoms with Crippen LogP contribution in [0.3, 0.4) is 0 Å². The largest absolute Gasteiger partial charge is 0.495 e. The van der Waals surface area contributed by atoms with Crippen molar-refractivity contribution in [2.45, 2.75) is 39.8 Å². The van der Waals surface area contributed by atoms with Crippen LogP contribution in [0.5, 0.6) is 5.75 Å².